The molecule has 1 saturated heterocycles. The van der Waals surface area contributed by atoms with Crippen molar-refractivity contribution in [2.75, 3.05) is 45.5 Å². The van der Waals surface area contributed by atoms with Crippen molar-refractivity contribution in [3.05, 3.63) is 0 Å². The largest absolute Gasteiger partial charge is 0.355 e. The van der Waals surface area contributed by atoms with Crippen molar-refractivity contribution in [2.45, 2.75) is 64.5 Å². The number of sulfonamides is 1. The van der Waals surface area contributed by atoms with Crippen LogP contribution in [0.5, 0.6) is 0 Å². The van der Waals surface area contributed by atoms with Crippen LogP contribution in [0.25, 0.3) is 0 Å². The molecule has 1 saturated carbocycles. The molecular weight excluding hydrogens is 477 g/mol. The Labute approximate surface area is 182 Å². The Hall–Kier alpha value is -0.130. The summed E-state index contributed by atoms with van der Waals surface area (Å²) in [4.78, 5) is 6.91. The van der Waals surface area contributed by atoms with Crippen molar-refractivity contribution in [3.63, 3.8) is 0 Å². The number of nitrogens with one attached hydrogen (secondary N) is 2. The molecule has 2 aliphatic rings. The van der Waals surface area contributed by atoms with Crippen LogP contribution in [0.3, 0.4) is 0 Å². The minimum atomic E-state index is -3.19. The minimum absolute atomic E-state index is 0. The van der Waals surface area contributed by atoms with E-state index in [1.165, 1.54) is 30.0 Å². The van der Waals surface area contributed by atoms with Crippen LogP contribution in [0.15, 0.2) is 4.99 Å². The maximum atomic E-state index is 12.2. The average molecular weight is 516 g/mol. The molecule has 0 unspecified atom stereocenters. The number of likely N-dealkylation sites (tertiary alicyclic amines) is 1. The van der Waals surface area contributed by atoms with E-state index in [0.29, 0.717) is 31.6 Å². The van der Waals surface area contributed by atoms with Crippen LogP contribution < -0.4 is 10.6 Å². The third kappa shape index (κ3) is 7.66. The maximum absolute atomic E-state index is 12.2. The van der Waals surface area contributed by atoms with Crippen LogP contribution in [0.1, 0.15) is 52.4 Å². The summed E-state index contributed by atoms with van der Waals surface area (Å²) in [5, 5.41) is 6.63. The number of rotatable bonds is 8. The van der Waals surface area contributed by atoms with Crippen molar-refractivity contribution in [1.29, 1.82) is 0 Å². The molecule has 9 heteroatoms. The van der Waals surface area contributed by atoms with Crippen molar-refractivity contribution in [2.24, 2.45) is 4.99 Å². The van der Waals surface area contributed by atoms with Crippen molar-refractivity contribution in [3.8, 4) is 0 Å². The summed E-state index contributed by atoms with van der Waals surface area (Å²) >= 11 is 0. The lowest BCUT2D eigenvalue weighted by Gasteiger charge is -2.36. The number of aliphatic imine (C=N–C) groups is 1. The van der Waals surface area contributed by atoms with Gasteiger partial charge in [0.25, 0.3) is 0 Å². The normalized spacial score (nSPS) is 20.7. The molecule has 0 radical (unpaired) electrons. The van der Waals surface area contributed by atoms with Gasteiger partial charge >= 0.3 is 0 Å². The quantitative estimate of drug-likeness (QED) is 0.293. The fraction of sp³-hybridized carbons (Fsp3) is 0.944. The highest BCUT2D eigenvalue weighted by Gasteiger charge is 2.27. The Bertz CT molecular complexity index is 540. The first kappa shape index (κ1) is 24.9. The average Bonchev–Trinajstić information content (AvgIpc) is 3.16. The molecule has 1 heterocycles. The summed E-state index contributed by atoms with van der Waals surface area (Å²) in [5.41, 5.74) is 0. The second kappa shape index (κ2) is 12.4. The van der Waals surface area contributed by atoms with E-state index in [1.54, 1.807) is 7.05 Å². The third-order valence-electron chi connectivity index (χ3n) is 5.69. The van der Waals surface area contributed by atoms with Crippen LogP contribution in [0, 0.1) is 0 Å². The van der Waals surface area contributed by atoms with Gasteiger partial charge in [-0.25, -0.2) is 12.7 Å². The van der Waals surface area contributed by atoms with Gasteiger partial charge in [0.1, 0.15) is 0 Å². The number of guanidine groups is 1. The van der Waals surface area contributed by atoms with E-state index in [0.717, 1.165) is 32.0 Å². The van der Waals surface area contributed by atoms with Crippen LogP contribution in [0.2, 0.25) is 0 Å². The fourth-order valence-electron chi connectivity index (χ4n) is 4.11. The molecule has 0 aromatic carbocycles. The van der Waals surface area contributed by atoms with E-state index in [9.17, 15) is 8.42 Å². The van der Waals surface area contributed by atoms with E-state index in [-0.39, 0.29) is 29.7 Å². The zero-order chi connectivity index (χ0) is 19.0. The number of nitrogens with zero attached hydrogens (tertiary/aromatic N) is 3. The summed E-state index contributed by atoms with van der Waals surface area (Å²) in [6.45, 7) is 7.45. The fourth-order valence-corrected chi connectivity index (χ4v) is 5.52. The van der Waals surface area contributed by atoms with Gasteiger partial charge in [-0.3, -0.25) is 4.99 Å². The first-order valence-corrected chi connectivity index (χ1v) is 11.8. The van der Waals surface area contributed by atoms with Crippen molar-refractivity contribution >= 4 is 40.0 Å². The molecule has 0 atom stereocenters. The molecule has 0 aromatic rings. The molecule has 2 N–H and O–H groups in total. The topological polar surface area (TPSA) is 77.0 Å². The molecule has 1 aliphatic carbocycles. The molecular formula is C18H38IN5O2S. The molecule has 0 bridgehead atoms. The highest BCUT2D eigenvalue weighted by Crippen LogP contribution is 2.26. The molecule has 0 spiro atoms. The molecule has 7 nitrogen and oxygen atoms in total. The lowest BCUT2D eigenvalue weighted by atomic mass is 10.0. The Morgan fingerprint density at radius 2 is 1.70 bits per heavy atom. The zero-order valence-corrected chi connectivity index (χ0v) is 20.3. The SMILES string of the molecule is CCN(CC)S(=O)(=O)CCNC(=NC)NC1CCN(C2CCCC2)CC1.I. The number of hydrogen-bond donors (Lipinski definition) is 2. The smallest absolute Gasteiger partial charge is 0.215 e. The van der Waals surface area contributed by atoms with E-state index >= 15 is 0 Å². The molecule has 0 amide bonds. The summed E-state index contributed by atoms with van der Waals surface area (Å²) in [6, 6.07) is 1.22. The molecule has 2 rings (SSSR count). The van der Waals surface area contributed by atoms with Crippen LogP contribution in [-0.2, 0) is 10.0 Å². The number of hydrogen-bond acceptors (Lipinski definition) is 4. The zero-order valence-electron chi connectivity index (χ0n) is 17.1. The van der Waals surface area contributed by atoms with Gasteiger partial charge in [-0.15, -0.1) is 24.0 Å². The van der Waals surface area contributed by atoms with Gasteiger partial charge < -0.3 is 15.5 Å². The monoisotopic (exact) mass is 515 g/mol. The van der Waals surface area contributed by atoms with Gasteiger partial charge in [-0.1, -0.05) is 26.7 Å². The highest BCUT2D eigenvalue weighted by molar-refractivity contribution is 14.0. The van der Waals surface area contributed by atoms with Crippen molar-refractivity contribution in [1.82, 2.24) is 19.8 Å². The molecule has 0 aromatic heterocycles. The summed E-state index contributed by atoms with van der Waals surface area (Å²) in [6.07, 6.45) is 7.74. The molecule has 27 heavy (non-hydrogen) atoms. The van der Waals surface area contributed by atoms with Gasteiger partial charge in [0.15, 0.2) is 5.96 Å². The van der Waals surface area contributed by atoms with Gasteiger partial charge in [0.2, 0.25) is 10.0 Å². The lowest BCUT2D eigenvalue weighted by Crippen LogP contribution is -2.51. The third-order valence-corrected chi connectivity index (χ3v) is 7.71. The molecule has 1 aliphatic heterocycles. The van der Waals surface area contributed by atoms with Crippen LogP contribution in [-0.4, -0.2) is 81.2 Å². The molecule has 160 valence electrons. The minimum Gasteiger partial charge on any atom is -0.355 e. The number of piperidine rings is 1. The first-order valence-electron chi connectivity index (χ1n) is 10.2. The highest BCUT2D eigenvalue weighted by atomic mass is 127. The Morgan fingerprint density at radius 3 is 2.22 bits per heavy atom. The summed E-state index contributed by atoms with van der Waals surface area (Å²) in [7, 11) is -1.46. The standard InChI is InChI=1S/C18H37N5O2S.HI/c1-4-23(5-2)26(24,25)15-12-20-18(19-3)21-16-10-13-22(14-11-16)17-8-6-7-9-17;/h16-17H,4-15H2,1-3H3,(H2,19,20,21);1H. The van der Waals surface area contributed by atoms with Gasteiger partial charge in [-0.2, -0.15) is 0 Å². The van der Waals surface area contributed by atoms with E-state index in [2.05, 4.69) is 20.5 Å². The predicted molar refractivity (Wildman–Crippen MR) is 123 cm³/mol. The van der Waals surface area contributed by atoms with Crippen LogP contribution in [0.4, 0.5) is 0 Å². The second-order valence-corrected chi connectivity index (χ2v) is 9.38. The predicted octanol–water partition coefficient (Wildman–Crippen LogP) is 1.85. The summed E-state index contributed by atoms with van der Waals surface area (Å²) < 4.78 is 26.0. The van der Waals surface area contributed by atoms with Gasteiger partial charge in [0.05, 0.1) is 5.75 Å². The second-order valence-electron chi connectivity index (χ2n) is 7.29. The van der Waals surface area contributed by atoms with E-state index < -0.39 is 10.0 Å². The maximum Gasteiger partial charge on any atom is 0.215 e. The number of halogens is 1. The Morgan fingerprint density at radius 1 is 1.11 bits per heavy atom. The van der Waals surface area contributed by atoms with E-state index in [1.807, 2.05) is 13.8 Å². The summed E-state index contributed by atoms with van der Waals surface area (Å²) in [5.74, 6) is 0.800. The Balaban J connectivity index is 0.00000364. The first-order chi connectivity index (χ1) is 12.5. The van der Waals surface area contributed by atoms with Crippen LogP contribution >= 0.6 is 24.0 Å². The lowest BCUT2D eigenvalue weighted by molar-refractivity contribution is 0.150. The van der Waals surface area contributed by atoms with Crippen molar-refractivity contribution < 1.29 is 8.42 Å². The van der Waals surface area contributed by atoms with Gasteiger partial charge in [0, 0.05) is 51.9 Å². The molecule has 2 fully saturated rings. The van der Waals surface area contributed by atoms with E-state index in [4.69, 9.17) is 0 Å². The Kier molecular flexibility index (Phi) is 11.5. The van der Waals surface area contributed by atoms with Gasteiger partial charge in [-0.05, 0) is 25.7 Å².